The van der Waals surface area contributed by atoms with E-state index in [1.165, 1.54) is 12.1 Å². The van der Waals surface area contributed by atoms with Crippen LogP contribution in [0.3, 0.4) is 0 Å². The number of hydrogen-bond acceptors (Lipinski definition) is 2. The van der Waals surface area contributed by atoms with Gasteiger partial charge in [-0.25, -0.2) is 9.18 Å². The SMILES string of the molecule is Cc1cc(Br)cc(C)c1NCc1ccc(C(=O)O)c(F)c1. The average molecular weight is 352 g/mol. The van der Waals surface area contributed by atoms with Gasteiger partial charge in [0, 0.05) is 16.7 Å². The Kier molecular flexibility index (Phi) is 4.63. The minimum atomic E-state index is -1.26. The largest absolute Gasteiger partial charge is 0.478 e. The molecule has 0 saturated carbocycles. The van der Waals surface area contributed by atoms with E-state index in [-0.39, 0.29) is 5.56 Å². The fourth-order valence-corrected chi connectivity index (χ4v) is 2.91. The van der Waals surface area contributed by atoms with Crippen molar-refractivity contribution in [2.75, 3.05) is 5.32 Å². The molecule has 0 aliphatic heterocycles. The normalized spacial score (nSPS) is 10.5. The summed E-state index contributed by atoms with van der Waals surface area (Å²) < 4.78 is 14.6. The van der Waals surface area contributed by atoms with Gasteiger partial charge in [0.1, 0.15) is 5.82 Å². The Labute approximate surface area is 130 Å². The molecule has 110 valence electrons. The van der Waals surface area contributed by atoms with Gasteiger partial charge in [-0.1, -0.05) is 22.0 Å². The molecule has 2 aromatic carbocycles. The second-order valence-corrected chi connectivity index (χ2v) is 5.80. The molecule has 2 aromatic rings. The van der Waals surface area contributed by atoms with Crippen LogP contribution in [0.1, 0.15) is 27.0 Å². The molecule has 0 heterocycles. The first-order chi connectivity index (χ1) is 9.88. The van der Waals surface area contributed by atoms with Crippen molar-refractivity contribution in [2.45, 2.75) is 20.4 Å². The third-order valence-electron chi connectivity index (χ3n) is 3.23. The second kappa shape index (κ2) is 6.26. The smallest absolute Gasteiger partial charge is 0.338 e. The molecule has 0 amide bonds. The number of rotatable bonds is 4. The molecule has 5 heteroatoms. The number of nitrogens with one attached hydrogen (secondary N) is 1. The van der Waals surface area contributed by atoms with Crippen molar-refractivity contribution in [1.82, 2.24) is 0 Å². The molecule has 21 heavy (non-hydrogen) atoms. The predicted molar refractivity (Wildman–Crippen MR) is 84.3 cm³/mol. The maximum Gasteiger partial charge on any atom is 0.338 e. The van der Waals surface area contributed by atoms with Crippen LogP contribution in [0.2, 0.25) is 0 Å². The van der Waals surface area contributed by atoms with Gasteiger partial charge in [0.2, 0.25) is 0 Å². The first-order valence-electron chi connectivity index (χ1n) is 6.41. The Morgan fingerprint density at radius 2 is 1.86 bits per heavy atom. The van der Waals surface area contributed by atoms with Crippen LogP contribution in [-0.2, 0) is 6.54 Å². The Morgan fingerprint density at radius 1 is 1.24 bits per heavy atom. The van der Waals surface area contributed by atoms with Gasteiger partial charge >= 0.3 is 5.97 Å². The van der Waals surface area contributed by atoms with Gasteiger partial charge in [0.05, 0.1) is 5.56 Å². The van der Waals surface area contributed by atoms with Gasteiger partial charge in [0.25, 0.3) is 0 Å². The monoisotopic (exact) mass is 351 g/mol. The van der Waals surface area contributed by atoms with Crippen molar-refractivity contribution >= 4 is 27.6 Å². The highest BCUT2D eigenvalue weighted by atomic mass is 79.9. The minimum absolute atomic E-state index is 0.310. The molecule has 0 atom stereocenters. The lowest BCUT2D eigenvalue weighted by Gasteiger charge is -2.13. The molecule has 0 aromatic heterocycles. The van der Waals surface area contributed by atoms with E-state index in [1.807, 2.05) is 26.0 Å². The standard InChI is InChI=1S/C16H15BrFNO2/c1-9-5-12(17)6-10(2)15(9)19-8-11-3-4-13(16(20)21)14(18)7-11/h3-7,19H,8H2,1-2H3,(H,20,21). The molecular weight excluding hydrogens is 337 g/mol. The summed E-state index contributed by atoms with van der Waals surface area (Å²) in [5, 5.41) is 12.1. The number of benzene rings is 2. The van der Waals surface area contributed by atoms with E-state index in [1.54, 1.807) is 6.07 Å². The van der Waals surface area contributed by atoms with Crippen LogP contribution < -0.4 is 5.32 Å². The molecule has 0 unspecified atom stereocenters. The second-order valence-electron chi connectivity index (χ2n) is 4.89. The van der Waals surface area contributed by atoms with Crippen molar-refractivity contribution in [3.05, 3.63) is 62.9 Å². The van der Waals surface area contributed by atoms with E-state index in [4.69, 9.17) is 5.11 Å². The van der Waals surface area contributed by atoms with Crippen LogP contribution in [0.5, 0.6) is 0 Å². The number of anilines is 1. The molecular formula is C16H15BrFNO2. The Morgan fingerprint density at radius 3 is 2.38 bits per heavy atom. The molecule has 0 aliphatic rings. The maximum atomic E-state index is 13.6. The first kappa shape index (κ1) is 15.5. The minimum Gasteiger partial charge on any atom is -0.478 e. The molecule has 0 spiro atoms. The van der Waals surface area contributed by atoms with E-state index in [9.17, 15) is 9.18 Å². The highest BCUT2D eigenvalue weighted by Gasteiger charge is 2.10. The lowest BCUT2D eigenvalue weighted by Crippen LogP contribution is -2.05. The van der Waals surface area contributed by atoms with E-state index in [0.717, 1.165) is 21.3 Å². The Bertz CT molecular complexity index is 678. The fourth-order valence-electron chi connectivity index (χ4n) is 2.22. The summed E-state index contributed by atoms with van der Waals surface area (Å²) in [5.74, 6) is -1.97. The number of carbonyl (C=O) groups is 1. The number of halogens is 2. The molecule has 0 radical (unpaired) electrons. The van der Waals surface area contributed by atoms with Gasteiger partial charge in [-0.15, -0.1) is 0 Å². The van der Waals surface area contributed by atoms with Crippen LogP contribution in [0.15, 0.2) is 34.8 Å². The number of carboxylic acid groups (broad SMARTS) is 1. The molecule has 3 nitrogen and oxygen atoms in total. The molecule has 2 N–H and O–H groups in total. The molecule has 0 saturated heterocycles. The highest BCUT2D eigenvalue weighted by Crippen LogP contribution is 2.25. The summed E-state index contributed by atoms with van der Waals surface area (Å²) in [5.41, 5.74) is 3.56. The third kappa shape index (κ3) is 3.61. The van der Waals surface area contributed by atoms with E-state index in [0.29, 0.717) is 12.1 Å². The number of hydrogen-bond donors (Lipinski definition) is 2. The number of aromatic carboxylic acids is 1. The van der Waals surface area contributed by atoms with Crippen LogP contribution in [0.25, 0.3) is 0 Å². The Hall–Kier alpha value is -1.88. The summed E-state index contributed by atoms with van der Waals surface area (Å²) in [6.45, 7) is 4.42. The third-order valence-corrected chi connectivity index (χ3v) is 3.69. The van der Waals surface area contributed by atoms with Crippen molar-refractivity contribution in [2.24, 2.45) is 0 Å². The van der Waals surface area contributed by atoms with Gasteiger partial charge in [-0.3, -0.25) is 0 Å². The topological polar surface area (TPSA) is 49.3 Å². The zero-order chi connectivity index (χ0) is 15.6. The molecule has 2 rings (SSSR count). The lowest BCUT2D eigenvalue weighted by atomic mass is 10.1. The van der Waals surface area contributed by atoms with Gasteiger partial charge in [-0.05, 0) is 54.8 Å². The summed E-state index contributed by atoms with van der Waals surface area (Å²) in [6.07, 6.45) is 0. The van der Waals surface area contributed by atoms with Gasteiger partial charge in [-0.2, -0.15) is 0 Å². The van der Waals surface area contributed by atoms with Crippen molar-refractivity contribution in [1.29, 1.82) is 0 Å². The number of carboxylic acids is 1. The maximum absolute atomic E-state index is 13.6. The van der Waals surface area contributed by atoms with Crippen LogP contribution in [0.4, 0.5) is 10.1 Å². The summed E-state index contributed by atoms with van der Waals surface area (Å²) in [4.78, 5) is 10.8. The van der Waals surface area contributed by atoms with Crippen LogP contribution in [0, 0.1) is 19.7 Å². The predicted octanol–water partition coefficient (Wildman–Crippen LogP) is 4.52. The fraction of sp³-hybridized carbons (Fsp3) is 0.188. The van der Waals surface area contributed by atoms with Crippen LogP contribution >= 0.6 is 15.9 Å². The van der Waals surface area contributed by atoms with Crippen molar-refractivity contribution in [3.8, 4) is 0 Å². The highest BCUT2D eigenvalue weighted by molar-refractivity contribution is 9.10. The summed E-state index contributed by atoms with van der Waals surface area (Å²) >= 11 is 3.44. The quantitative estimate of drug-likeness (QED) is 0.851. The van der Waals surface area contributed by atoms with E-state index < -0.39 is 11.8 Å². The summed E-state index contributed by atoms with van der Waals surface area (Å²) in [7, 11) is 0. The van der Waals surface area contributed by atoms with E-state index in [2.05, 4.69) is 21.2 Å². The first-order valence-corrected chi connectivity index (χ1v) is 7.20. The van der Waals surface area contributed by atoms with E-state index >= 15 is 0 Å². The van der Waals surface area contributed by atoms with Crippen molar-refractivity contribution in [3.63, 3.8) is 0 Å². The zero-order valence-electron chi connectivity index (χ0n) is 11.7. The zero-order valence-corrected chi connectivity index (χ0v) is 13.3. The molecule has 0 aliphatic carbocycles. The van der Waals surface area contributed by atoms with Crippen molar-refractivity contribution < 1.29 is 14.3 Å². The lowest BCUT2D eigenvalue weighted by molar-refractivity contribution is 0.0692. The molecule has 0 fully saturated rings. The summed E-state index contributed by atoms with van der Waals surface area (Å²) in [6, 6.07) is 8.16. The van der Waals surface area contributed by atoms with Gasteiger partial charge < -0.3 is 10.4 Å². The molecule has 0 bridgehead atoms. The van der Waals surface area contributed by atoms with Gasteiger partial charge in [0.15, 0.2) is 0 Å². The average Bonchev–Trinajstić information content (AvgIpc) is 2.36. The number of aryl methyl sites for hydroxylation is 2. The van der Waals surface area contributed by atoms with Crippen LogP contribution in [-0.4, -0.2) is 11.1 Å². The Balaban J connectivity index is 2.17.